The number of nitrogens with zero attached hydrogens (tertiary/aromatic N) is 3. The highest BCUT2D eigenvalue weighted by molar-refractivity contribution is 5.79. The van der Waals surface area contributed by atoms with Crippen LogP contribution in [0.25, 0.3) is 11.1 Å². The van der Waals surface area contributed by atoms with E-state index in [2.05, 4.69) is 58.4 Å². The van der Waals surface area contributed by atoms with Crippen LogP contribution in [-0.2, 0) is 17.8 Å². The number of hydrogen-bond acceptors (Lipinski definition) is 3. The Kier molecular flexibility index (Phi) is 6.01. The van der Waals surface area contributed by atoms with Crippen molar-refractivity contribution < 1.29 is 4.79 Å². The van der Waals surface area contributed by atoms with Crippen LogP contribution in [0.4, 0.5) is 0 Å². The molecule has 1 fully saturated rings. The molecule has 4 nitrogen and oxygen atoms in total. The van der Waals surface area contributed by atoms with E-state index in [9.17, 15) is 4.79 Å². The molecule has 1 saturated heterocycles. The Morgan fingerprint density at radius 1 is 0.897 bits per heavy atom. The topological polar surface area (TPSA) is 36.4 Å². The molecule has 1 atom stereocenters. The molecule has 1 amide bonds. The van der Waals surface area contributed by atoms with E-state index >= 15 is 0 Å². The Labute approximate surface area is 172 Å². The summed E-state index contributed by atoms with van der Waals surface area (Å²) in [5, 5.41) is 0. The van der Waals surface area contributed by atoms with Crippen molar-refractivity contribution in [1.29, 1.82) is 0 Å². The van der Waals surface area contributed by atoms with Gasteiger partial charge in [0.1, 0.15) is 0 Å². The number of amides is 1. The molecular weight excluding hydrogens is 358 g/mol. The predicted molar refractivity (Wildman–Crippen MR) is 116 cm³/mol. The van der Waals surface area contributed by atoms with Gasteiger partial charge in [0.05, 0.1) is 5.92 Å². The second kappa shape index (κ2) is 9.01. The molecule has 4 rings (SSSR count). The molecule has 4 heteroatoms. The number of rotatable bonds is 5. The molecule has 3 aromatic rings. The molecule has 1 aliphatic heterocycles. The van der Waals surface area contributed by atoms with Gasteiger partial charge in [0, 0.05) is 51.5 Å². The first-order valence-electron chi connectivity index (χ1n) is 10.2. The standard InChI is InChI=1S/C25H27N3O/c1-27-15-16-28(19-23(25(27)29)17-24-9-5-6-14-26-24)18-20-10-12-22(13-11-20)21-7-3-2-4-8-21/h2-14,23H,15-19H2,1H3. The molecule has 0 spiro atoms. The van der Waals surface area contributed by atoms with Crippen LogP contribution in [0, 0.1) is 5.92 Å². The maximum Gasteiger partial charge on any atom is 0.227 e. The highest BCUT2D eigenvalue weighted by atomic mass is 16.2. The molecule has 1 aliphatic rings. The van der Waals surface area contributed by atoms with Crippen molar-refractivity contribution in [2.75, 3.05) is 26.7 Å². The molecule has 1 aromatic heterocycles. The zero-order chi connectivity index (χ0) is 20.1. The summed E-state index contributed by atoms with van der Waals surface area (Å²) in [6.07, 6.45) is 2.49. The van der Waals surface area contributed by atoms with Gasteiger partial charge in [0.25, 0.3) is 0 Å². The zero-order valence-electron chi connectivity index (χ0n) is 16.9. The van der Waals surface area contributed by atoms with Crippen LogP contribution in [0.5, 0.6) is 0 Å². The maximum absolute atomic E-state index is 12.8. The third-order valence-electron chi connectivity index (χ3n) is 5.60. The first-order valence-corrected chi connectivity index (χ1v) is 10.2. The summed E-state index contributed by atoms with van der Waals surface area (Å²) < 4.78 is 0. The zero-order valence-corrected chi connectivity index (χ0v) is 16.9. The molecule has 0 bridgehead atoms. The number of benzene rings is 2. The summed E-state index contributed by atoms with van der Waals surface area (Å²) in [6, 6.07) is 25.1. The number of hydrogen-bond donors (Lipinski definition) is 0. The normalized spacial score (nSPS) is 17.9. The van der Waals surface area contributed by atoms with Crippen molar-refractivity contribution in [3.8, 4) is 11.1 Å². The average Bonchev–Trinajstić information content (AvgIpc) is 2.90. The summed E-state index contributed by atoms with van der Waals surface area (Å²) in [5.41, 5.74) is 4.72. The predicted octanol–water partition coefficient (Wildman–Crippen LogP) is 3.88. The van der Waals surface area contributed by atoms with Gasteiger partial charge in [0.15, 0.2) is 0 Å². The van der Waals surface area contributed by atoms with Gasteiger partial charge in [0.2, 0.25) is 5.91 Å². The van der Waals surface area contributed by atoms with Gasteiger partial charge in [-0.25, -0.2) is 0 Å². The fraction of sp³-hybridized carbons (Fsp3) is 0.280. The van der Waals surface area contributed by atoms with E-state index in [-0.39, 0.29) is 11.8 Å². The Balaban J connectivity index is 1.45. The molecule has 0 radical (unpaired) electrons. The number of aromatic nitrogens is 1. The van der Waals surface area contributed by atoms with Gasteiger partial charge in [-0.2, -0.15) is 0 Å². The molecule has 2 heterocycles. The third kappa shape index (κ3) is 4.90. The van der Waals surface area contributed by atoms with Crippen molar-refractivity contribution in [2.45, 2.75) is 13.0 Å². The van der Waals surface area contributed by atoms with Crippen molar-refractivity contribution in [2.24, 2.45) is 5.92 Å². The fourth-order valence-corrected chi connectivity index (χ4v) is 3.95. The number of likely N-dealkylation sites (N-methyl/N-ethyl adjacent to an activating group) is 1. The van der Waals surface area contributed by atoms with Crippen LogP contribution in [0.1, 0.15) is 11.3 Å². The average molecular weight is 386 g/mol. The van der Waals surface area contributed by atoms with Crippen molar-refractivity contribution in [1.82, 2.24) is 14.8 Å². The number of carbonyl (C=O) groups excluding carboxylic acids is 1. The Hall–Kier alpha value is -2.98. The lowest BCUT2D eigenvalue weighted by molar-refractivity contribution is -0.133. The van der Waals surface area contributed by atoms with E-state index in [1.165, 1.54) is 16.7 Å². The van der Waals surface area contributed by atoms with E-state index in [4.69, 9.17) is 0 Å². The van der Waals surface area contributed by atoms with Crippen LogP contribution in [0.3, 0.4) is 0 Å². The van der Waals surface area contributed by atoms with Gasteiger partial charge >= 0.3 is 0 Å². The Morgan fingerprint density at radius 2 is 1.62 bits per heavy atom. The Morgan fingerprint density at radius 3 is 2.34 bits per heavy atom. The summed E-state index contributed by atoms with van der Waals surface area (Å²) in [5.74, 6) is 0.165. The summed E-state index contributed by atoms with van der Waals surface area (Å²) in [7, 11) is 1.91. The van der Waals surface area contributed by atoms with Crippen LogP contribution < -0.4 is 0 Å². The lowest BCUT2D eigenvalue weighted by Crippen LogP contribution is -2.34. The van der Waals surface area contributed by atoms with Crippen LogP contribution >= 0.6 is 0 Å². The van der Waals surface area contributed by atoms with Gasteiger partial charge in [-0.3, -0.25) is 14.7 Å². The highest BCUT2D eigenvalue weighted by Gasteiger charge is 2.28. The quantitative estimate of drug-likeness (QED) is 0.669. The maximum atomic E-state index is 12.8. The second-order valence-electron chi connectivity index (χ2n) is 7.78. The van der Waals surface area contributed by atoms with Crippen molar-refractivity contribution in [3.63, 3.8) is 0 Å². The van der Waals surface area contributed by atoms with Gasteiger partial charge in [-0.15, -0.1) is 0 Å². The van der Waals surface area contributed by atoms with Crippen molar-refractivity contribution in [3.05, 3.63) is 90.3 Å². The van der Waals surface area contributed by atoms with E-state index in [1.807, 2.05) is 36.2 Å². The molecule has 1 unspecified atom stereocenters. The van der Waals surface area contributed by atoms with Crippen LogP contribution in [0.2, 0.25) is 0 Å². The summed E-state index contributed by atoms with van der Waals surface area (Å²) in [4.78, 5) is 21.5. The monoisotopic (exact) mass is 385 g/mol. The van der Waals surface area contributed by atoms with Gasteiger partial charge in [-0.05, 0) is 28.8 Å². The largest absolute Gasteiger partial charge is 0.344 e. The Bertz CT molecular complexity index is 925. The minimum absolute atomic E-state index is 0.0546. The first-order chi connectivity index (χ1) is 14.2. The SMILES string of the molecule is CN1CCN(Cc2ccc(-c3ccccc3)cc2)CC(Cc2ccccn2)C1=O. The van der Waals surface area contributed by atoms with Crippen LogP contribution in [-0.4, -0.2) is 47.4 Å². The highest BCUT2D eigenvalue weighted by Crippen LogP contribution is 2.21. The fourth-order valence-electron chi connectivity index (χ4n) is 3.95. The second-order valence-corrected chi connectivity index (χ2v) is 7.78. The van der Waals surface area contributed by atoms with E-state index in [0.717, 1.165) is 31.9 Å². The van der Waals surface area contributed by atoms with E-state index in [0.29, 0.717) is 6.42 Å². The summed E-state index contributed by atoms with van der Waals surface area (Å²) in [6.45, 7) is 3.27. The third-order valence-corrected chi connectivity index (χ3v) is 5.60. The molecule has 29 heavy (non-hydrogen) atoms. The van der Waals surface area contributed by atoms with E-state index < -0.39 is 0 Å². The van der Waals surface area contributed by atoms with Crippen molar-refractivity contribution >= 4 is 5.91 Å². The molecule has 0 saturated carbocycles. The lowest BCUT2D eigenvalue weighted by Gasteiger charge is -2.23. The van der Waals surface area contributed by atoms with Gasteiger partial charge in [-0.1, -0.05) is 60.7 Å². The first kappa shape index (κ1) is 19.3. The smallest absolute Gasteiger partial charge is 0.227 e. The van der Waals surface area contributed by atoms with Crippen LogP contribution in [0.15, 0.2) is 79.0 Å². The van der Waals surface area contributed by atoms with Gasteiger partial charge < -0.3 is 4.90 Å². The number of carbonyl (C=O) groups is 1. The molecule has 148 valence electrons. The molecule has 0 aliphatic carbocycles. The van der Waals surface area contributed by atoms with E-state index in [1.54, 1.807) is 6.20 Å². The molecule has 0 N–H and O–H groups in total. The molecule has 2 aromatic carbocycles. The molecular formula is C25H27N3O. The minimum atomic E-state index is -0.0546. The lowest BCUT2D eigenvalue weighted by atomic mass is 10.0. The summed E-state index contributed by atoms with van der Waals surface area (Å²) >= 11 is 0. The number of pyridine rings is 1. The minimum Gasteiger partial charge on any atom is -0.344 e.